The van der Waals surface area contributed by atoms with Gasteiger partial charge in [0.05, 0.1) is 18.1 Å². The fourth-order valence-corrected chi connectivity index (χ4v) is 1.30. The highest BCUT2D eigenvalue weighted by Crippen LogP contribution is 2.14. The Labute approximate surface area is 92.3 Å². The van der Waals surface area contributed by atoms with Gasteiger partial charge >= 0.3 is 0 Å². The zero-order chi connectivity index (χ0) is 11.4. The molecule has 0 fully saturated rings. The number of nitrogens with two attached hydrogens (primary N) is 1. The highest BCUT2D eigenvalue weighted by atomic mass is 16.2. The predicted molar refractivity (Wildman–Crippen MR) is 59.1 cm³/mol. The Balaban J connectivity index is 2.40. The molecule has 0 radical (unpaired) electrons. The Hall–Kier alpha value is -2.27. The molecule has 2 aromatic rings. The summed E-state index contributed by atoms with van der Waals surface area (Å²) in [4.78, 5) is 19.4. The number of rotatable bonds is 2. The highest BCUT2D eigenvalue weighted by molar-refractivity contribution is 5.91. The normalized spacial score (nSPS) is 9.81. The maximum absolute atomic E-state index is 11.3. The Morgan fingerprint density at radius 2 is 1.94 bits per heavy atom. The van der Waals surface area contributed by atoms with Gasteiger partial charge in [0.25, 0.3) is 5.91 Å². The standard InChI is InChI=1S/C11H10N4O/c12-15-11(16)10-7-13-6-9(14-10)8-4-2-1-3-5-8/h1-7H,12H2,(H,15,16). The molecular formula is C11H10N4O. The quantitative estimate of drug-likeness (QED) is 0.439. The second-order valence-corrected chi connectivity index (χ2v) is 3.13. The largest absolute Gasteiger partial charge is 0.289 e. The van der Waals surface area contributed by atoms with Crippen molar-refractivity contribution in [2.24, 2.45) is 5.84 Å². The van der Waals surface area contributed by atoms with Crippen LogP contribution in [0.25, 0.3) is 11.3 Å². The number of benzene rings is 1. The zero-order valence-electron chi connectivity index (χ0n) is 8.42. The summed E-state index contributed by atoms with van der Waals surface area (Å²) < 4.78 is 0. The first kappa shape index (κ1) is 10.3. The van der Waals surface area contributed by atoms with Gasteiger partial charge in [0.15, 0.2) is 0 Å². The molecule has 80 valence electrons. The first-order chi connectivity index (χ1) is 7.81. The molecule has 1 amide bonds. The summed E-state index contributed by atoms with van der Waals surface area (Å²) in [5.41, 5.74) is 3.76. The van der Waals surface area contributed by atoms with Crippen molar-refractivity contribution in [2.45, 2.75) is 0 Å². The van der Waals surface area contributed by atoms with Gasteiger partial charge in [0.1, 0.15) is 5.69 Å². The van der Waals surface area contributed by atoms with Crippen molar-refractivity contribution in [3.63, 3.8) is 0 Å². The van der Waals surface area contributed by atoms with Crippen LogP contribution in [-0.4, -0.2) is 15.9 Å². The van der Waals surface area contributed by atoms with Crippen molar-refractivity contribution in [2.75, 3.05) is 0 Å². The smallest absolute Gasteiger partial charge is 0.285 e. The summed E-state index contributed by atoms with van der Waals surface area (Å²) >= 11 is 0. The van der Waals surface area contributed by atoms with E-state index in [0.717, 1.165) is 5.56 Å². The molecule has 0 aliphatic rings. The number of amides is 1. The predicted octanol–water partition coefficient (Wildman–Crippen LogP) is 0.747. The van der Waals surface area contributed by atoms with Crippen LogP contribution in [0.3, 0.4) is 0 Å². The summed E-state index contributed by atoms with van der Waals surface area (Å²) in [6.07, 6.45) is 2.97. The van der Waals surface area contributed by atoms with E-state index in [4.69, 9.17) is 5.84 Å². The third-order valence-electron chi connectivity index (χ3n) is 2.07. The number of nitrogens with one attached hydrogen (secondary N) is 1. The van der Waals surface area contributed by atoms with E-state index in [-0.39, 0.29) is 5.69 Å². The monoisotopic (exact) mass is 214 g/mol. The van der Waals surface area contributed by atoms with Crippen LogP contribution < -0.4 is 11.3 Å². The fourth-order valence-electron chi connectivity index (χ4n) is 1.30. The molecule has 5 heteroatoms. The molecule has 0 spiro atoms. The molecule has 0 saturated heterocycles. The van der Waals surface area contributed by atoms with E-state index in [1.807, 2.05) is 35.8 Å². The number of carbonyl (C=O) groups is 1. The minimum absolute atomic E-state index is 0.198. The molecule has 3 N–H and O–H groups in total. The SMILES string of the molecule is NNC(=O)c1cncc(-c2ccccc2)n1. The second kappa shape index (κ2) is 4.50. The average Bonchev–Trinajstić information content (AvgIpc) is 2.39. The summed E-state index contributed by atoms with van der Waals surface area (Å²) in [7, 11) is 0. The van der Waals surface area contributed by atoms with Gasteiger partial charge in [-0.15, -0.1) is 0 Å². The van der Waals surface area contributed by atoms with E-state index >= 15 is 0 Å². The minimum Gasteiger partial charge on any atom is -0.289 e. The topological polar surface area (TPSA) is 80.9 Å². The van der Waals surface area contributed by atoms with Crippen molar-refractivity contribution in [1.82, 2.24) is 15.4 Å². The Morgan fingerprint density at radius 3 is 2.62 bits per heavy atom. The zero-order valence-corrected chi connectivity index (χ0v) is 8.42. The number of hydrogen-bond acceptors (Lipinski definition) is 4. The second-order valence-electron chi connectivity index (χ2n) is 3.13. The molecule has 0 aliphatic heterocycles. The summed E-state index contributed by atoms with van der Waals surface area (Å²) in [5.74, 6) is 4.57. The van der Waals surface area contributed by atoms with Crippen LogP contribution >= 0.6 is 0 Å². The van der Waals surface area contributed by atoms with Crippen LogP contribution in [-0.2, 0) is 0 Å². The molecule has 0 aliphatic carbocycles. The third kappa shape index (κ3) is 2.04. The van der Waals surface area contributed by atoms with E-state index in [9.17, 15) is 4.79 Å². The number of carbonyl (C=O) groups excluding carboxylic acids is 1. The van der Waals surface area contributed by atoms with E-state index in [1.54, 1.807) is 6.20 Å². The lowest BCUT2D eigenvalue weighted by atomic mass is 10.1. The van der Waals surface area contributed by atoms with Gasteiger partial charge in [0, 0.05) is 5.56 Å². The van der Waals surface area contributed by atoms with Crippen LogP contribution in [0.4, 0.5) is 0 Å². The molecule has 1 aromatic carbocycles. The van der Waals surface area contributed by atoms with Crippen LogP contribution in [0.5, 0.6) is 0 Å². The van der Waals surface area contributed by atoms with Crippen molar-refractivity contribution in [3.8, 4) is 11.3 Å². The molecular weight excluding hydrogens is 204 g/mol. The van der Waals surface area contributed by atoms with Gasteiger partial charge in [-0.05, 0) is 0 Å². The van der Waals surface area contributed by atoms with E-state index in [0.29, 0.717) is 5.69 Å². The number of aromatic nitrogens is 2. The van der Waals surface area contributed by atoms with Crippen molar-refractivity contribution >= 4 is 5.91 Å². The Kier molecular flexibility index (Phi) is 2.88. The van der Waals surface area contributed by atoms with Crippen LogP contribution in [0.15, 0.2) is 42.7 Å². The van der Waals surface area contributed by atoms with E-state index in [1.165, 1.54) is 6.20 Å². The molecule has 0 saturated carbocycles. The maximum Gasteiger partial charge on any atom is 0.285 e. The number of hydrogen-bond donors (Lipinski definition) is 2. The molecule has 2 rings (SSSR count). The van der Waals surface area contributed by atoms with Crippen LogP contribution in [0, 0.1) is 0 Å². The first-order valence-electron chi connectivity index (χ1n) is 4.69. The minimum atomic E-state index is -0.453. The lowest BCUT2D eigenvalue weighted by Crippen LogP contribution is -2.30. The maximum atomic E-state index is 11.3. The third-order valence-corrected chi connectivity index (χ3v) is 2.07. The van der Waals surface area contributed by atoms with Gasteiger partial charge in [-0.1, -0.05) is 30.3 Å². The molecule has 0 atom stereocenters. The van der Waals surface area contributed by atoms with Crippen molar-refractivity contribution in [3.05, 3.63) is 48.4 Å². The van der Waals surface area contributed by atoms with Crippen molar-refractivity contribution < 1.29 is 4.79 Å². The lowest BCUT2D eigenvalue weighted by molar-refractivity contribution is 0.0948. The molecule has 16 heavy (non-hydrogen) atoms. The molecule has 5 nitrogen and oxygen atoms in total. The van der Waals surface area contributed by atoms with E-state index < -0.39 is 5.91 Å². The molecule has 0 bridgehead atoms. The molecule has 0 unspecified atom stereocenters. The van der Waals surface area contributed by atoms with Crippen LogP contribution in [0.1, 0.15) is 10.5 Å². The molecule has 1 heterocycles. The Morgan fingerprint density at radius 1 is 1.19 bits per heavy atom. The van der Waals surface area contributed by atoms with Gasteiger partial charge in [-0.3, -0.25) is 15.2 Å². The molecule has 1 aromatic heterocycles. The van der Waals surface area contributed by atoms with Crippen molar-refractivity contribution in [1.29, 1.82) is 0 Å². The summed E-state index contributed by atoms with van der Waals surface area (Å²) in [5, 5.41) is 0. The van der Waals surface area contributed by atoms with E-state index in [2.05, 4.69) is 9.97 Å². The average molecular weight is 214 g/mol. The number of nitrogen functional groups attached to an aromatic ring is 1. The summed E-state index contributed by atoms with van der Waals surface area (Å²) in [6.45, 7) is 0. The Bertz CT molecular complexity index is 498. The lowest BCUT2D eigenvalue weighted by Gasteiger charge is -2.02. The van der Waals surface area contributed by atoms with Gasteiger partial charge < -0.3 is 0 Å². The van der Waals surface area contributed by atoms with Crippen LogP contribution in [0.2, 0.25) is 0 Å². The number of nitrogens with zero attached hydrogens (tertiary/aromatic N) is 2. The van der Waals surface area contributed by atoms with Gasteiger partial charge in [0.2, 0.25) is 0 Å². The first-order valence-corrected chi connectivity index (χ1v) is 4.69. The van der Waals surface area contributed by atoms with Gasteiger partial charge in [-0.2, -0.15) is 0 Å². The highest BCUT2D eigenvalue weighted by Gasteiger charge is 2.07. The fraction of sp³-hybridized carbons (Fsp3) is 0. The van der Waals surface area contributed by atoms with Gasteiger partial charge in [-0.25, -0.2) is 10.8 Å². The number of hydrazine groups is 1. The summed E-state index contributed by atoms with van der Waals surface area (Å²) in [6, 6.07) is 9.50.